The van der Waals surface area contributed by atoms with Gasteiger partial charge in [0, 0.05) is 20.2 Å². The molecule has 1 aliphatic rings. The van der Waals surface area contributed by atoms with Gasteiger partial charge in [-0.2, -0.15) is 0 Å². The lowest BCUT2D eigenvalue weighted by Gasteiger charge is -2.09. The molecule has 38 heavy (non-hydrogen) atoms. The number of rotatable bonds is 13. The fourth-order valence-electron chi connectivity index (χ4n) is 5.28. The lowest BCUT2D eigenvalue weighted by Crippen LogP contribution is -2.16. The quantitative estimate of drug-likeness (QED) is 0.109. The van der Waals surface area contributed by atoms with Gasteiger partial charge in [-0.25, -0.2) is 0 Å². The van der Waals surface area contributed by atoms with Crippen LogP contribution in [0.4, 0.5) is 0 Å². The van der Waals surface area contributed by atoms with Gasteiger partial charge < -0.3 is 9.47 Å². The molecule has 0 aliphatic carbocycles. The van der Waals surface area contributed by atoms with Crippen molar-refractivity contribution in [3.63, 3.8) is 0 Å². The third kappa shape index (κ3) is 5.78. The van der Waals surface area contributed by atoms with Crippen LogP contribution in [0.1, 0.15) is 70.8 Å². The molecule has 198 valence electrons. The Balaban J connectivity index is 1.12. The first-order chi connectivity index (χ1) is 18.6. The number of thiophene rings is 2. The summed E-state index contributed by atoms with van der Waals surface area (Å²) < 4.78 is 17.0. The highest BCUT2D eigenvalue weighted by molar-refractivity contribution is 7.36. The van der Waals surface area contributed by atoms with E-state index in [1.165, 1.54) is 104 Å². The van der Waals surface area contributed by atoms with Crippen LogP contribution >= 0.6 is 22.7 Å². The molecule has 0 saturated carbocycles. The Labute approximate surface area is 234 Å². The van der Waals surface area contributed by atoms with E-state index in [2.05, 4.69) is 74.5 Å². The Morgan fingerprint density at radius 3 is 2.03 bits per heavy atom. The molecule has 4 heteroatoms. The van der Waals surface area contributed by atoms with Gasteiger partial charge in [-0.05, 0) is 60.7 Å². The average molecular weight is 543 g/mol. The molecule has 5 aromatic rings. The second kappa shape index (κ2) is 11.4. The first kappa shape index (κ1) is 25.9. The lowest BCUT2D eigenvalue weighted by molar-refractivity contribution is 0.202. The van der Waals surface area contributed by atoms with Gasteiger partial charge >= 0.3 is 0 Å². The Morgan fingerprint density at radius 2 is 1.34 bits per heavy atom. The lowest BCUT2D eigenvalue weighted by atomic mass is 10.0. The average Bonchev–Trinajstić information content (AvgIpc) is 3.42. The summed E-state index contributed by atoms with van der Waals surface area (Å²) in [6.07, 6.45) is 12.2. The third-order valence-corrected chi connectivity index (χ3v) is 10.3. The van der Waals surface area contributed by atoms with Crippen LogP contribution in [-0.4, -0.2) is 18.8 Å². The predicted octanol–water partition coefficient (Wildman–Crippen LogP) is 10.8. The van der Waals surface area contributed by atoms with Gasteiger partial charge in [-0.3, -0.25) is 0 Å². The predicted molar refractivity (Wildman–Crippen MR) is 166 cm³/mol. The zero-order chi connectivity index (χ0) is 26.0. The number of hydrogen-bond donors (Lipinski definition) is 0. The van der Waals surface area contributed by atoms with Gasteiger partial charge in [0.2, 0.25) is 0 Å². The standard InChI is InChI=1S/C34H38O2S2/c1-3-4-5-6-7-8-9-10-11-24-12-18-28-30(20-24)37-33-29-19-15-26(21-31(29)38-32(28)33)25-13-16-27(17-14-25)35-22-34(2)23-36-34/h12-21H,3-11,22-23H2,1-2H3. The Bertz CT molecular complexity index is 1520. The van der Waals surface area contributed by atoms with Crippen LogP contribution in [0.5, 0.6) is 5.75 Å². The first-order valence-corrected chi connectivity index (χ1v) is 16.0. The highest BCUT2D eigenvalue weighted by atomic mass is 32.1. The van der Waals surface area contributed by atoms with Gasteiger partial charge in [0.05, 0.1) is 16.0 Å². The Hall–Kier alpha value is -2.40. The highest BCUT2D eigenvalue weighted by Crippen LogP contribution is 2.45. The van der Waals surface area contributed by atoms with Crippen molar-refractivity contribution in [3.8, 4) is 16.9 Å². The molecule has 0 amide bonds. The number of fused-ring (bicyclic) bond motifs is 5. The summed E-state index contributed by atoms with van der Waals surface area (Å²) in [6.45, 7) is 5.78. The maximum absolute atomic E-state index is 5.90. The third-order valence-electron chi connectivity index (χ3n) is 7.84. The molecule has 2 aromatic heterocycles. The van der Waals surface area contributed by atoms with Gasteiger partial charge in [0.1, 0.15) is 18.0 Å². The summed E-state index contributed by atoms with van der Waals surface area (Å²) in [7, 11) is 0. The van der Waals surface area contributed by atoms with Crippen molar-refractivity contribution >= 4 is 52.2 Å². The van der Waals surface area contributed by atoms with Crippen molar-refractivity contribution in [1.82, 2.24) is 0 Å². The number of ether oxygens (including phenoxy) is 2. The highest BCUT2D eigenvalue weighted by Gasteiger charge is 2.40. The maximum Gasteiger partial charge on any atom is 0.123 e. The second-order valence-corrected chi connectivity index (χ2v) is 13.3. The van der Waals surface area contributed by atoms with Gasteiger partial charge in [-0.1, -0.05) is 88.3 Å². The molecule has 0 spiro atoms. The van der Waals surface area contributed by atoms with Crippen LogP contribution in [0.25, 0.3) is 40.7 Å². The summed E-state index contributed by atoms with van der Waals surface area (Å²) in [5.74, 6) is 0.899. The van der Waals surface area contributed by atoms with Gasteiger partial charge in [-0.15, -0.1) is 22.7 Å². The molecule has 2 nitrogen and oxygen atoms in total. The van der Waals surface area contributed by atoms with Gasteiger partial charge in [0.15, 0.2) is 0 Å². The first-order valence-electron chi connectivity index (χ1n) is 14.4. The fourth-order valence-corrected chi connectivity index (χ4v) is 8.04. The number of benzene rings is 3. The minimum atomic E-state index is -0.0886. The largest absolute Gasteiger partial charge is 0.491 e. The molecule has 1 fully saturated rings. The molecule has 0 bridgehead atoms. The van der Waals surface area contributed by atoms with Crippen LogP contribution in [0.2, 0.25) is 0 Å². The van der Waals surface area contributed by atoms with Crippen molar-refractivity contribution in [1.29, 1.82) is 0 Å². The van der Waals surface area contributed by atoms with E-state index in [4.69, 9.17) is 9.47 Å². The molecule has 1 saturated heterocycles. The molecule has 0 N–H and O–H groups in total. The summed E-state index contributed by atoms with van der Waals surface area (Å²) >= 11 is 3.90. The van der Waals surface area contributed by atoms with Crippen LogP contribution < -0.4 is 4.74 Å². The second-order valence-electron chi connectivity index (χ2n) is 11.2. The zero-order valence-corrected chi connectivity index (χ0v) is 24.3. The number of unbranched alkanes of at least 4 members (excludes halogenated alkanes) is 7. The van der Waals surface area contributed by atoms with E-state index < -0.39 is 0 Å². The van der Waals surface area contributed by atoms with Crippen LogP contribution in [0.15, 0.2) is 60.7 Å². The van der Waals surface area contributed by atoms with Gasteiger partial charge in [0.25, 0.3) is 0 Å². The monoisotopic (exact) mass is 542 g/mol. The van der Waals surface area contributed by atoms with Crippen LogP contribution in [-0.2, 0) is 11.2 Å². The zero-order valence-electron chi connectivity index (χ0n) is 22.7. The van der Waals surface area contributed by atoms with E-state index in [0.717, 1.165) is 12.4 Å². The van der Waals surface area contributed by atoms with Crippen molar-refractivity contribution in [2.45, 2.75) is 77.2 Å². The molecule has 1 unspecified atom stereocenters. The summed E-state index contributed by atoms with van der Waals surface area (Å²) in [5, 5.41) is 2.81. The summed E-state index contributed by atoms with van der Waals surface area (Å²) in [5.41, 5.74) is 3.89. The number of aryl methyl sites for hydroxylation is 1. The maximum atomic E-state index is 5.90. The SMILES string of the molecule is CCCCCCCCCCc1ccc2c(c1)sc1c3ccc(-c4ccc(OCC5(C)CO5)cc4)cc3sc21. The fraction of sp³-hybridized carbons (Fsp3) is 0.412. The molecule has 3 heterocycles. The van der Waals surface area contributed by atoms with Crippen LogP contribution in [0.3, 0.4) is 0 Å². The molecular formula is C34H38O2S2. The topological polar surface area (TPSA) is 21.8 Å². The van der Waals surface area contributed by atoms with E-state index in [1.54, 1.807) is 0 Å². The normalized spacial score (nSPS) is 17.1. The minimum Gasteiger partial charge on any atom is -0.491 e. The Kier molecular flexibility index (Phi) is 7.74. The molecule has 6 rings (SSSR count). The van der Waals surface area contributed by atoms with E-state index in [0.29, 0.717) is 6.61 Å². The van der Waals surface area contributed by atoms with Crippen LogP contribution in [0, 0.1) is 0 Å². The summed E-state index contributed by atoms with van der Waals surface area (Å²) in [6, 6.07) is 22.6. The van der Waals surface area contributed by atoms with Crippen molar-refractivity contribution in [2.24, 2.45) is 0 Å². The Morgan fingerprint density at radius 1 is 0.737 bits per heavy atom. The van der Waals surface area contributed by atoms with E-state index >= 15 is 0 Å². The number of hydrogen-bond acceptors (Lipinski definition) is 4. The molecule has 1 atom stereocenters. The van der Waals surface area contributed by atoms with E-state index in [1.807, 2.05) is 22.7 Å². The molecule has 0 radical (unpaired) electrons. The van der Waals surface area contributed by atoms with Crippen molar-refractivity contribution in [2.75, 3.05) is 13.2 Å². The smallest absolute Gasteiger partial charge is 0.123 e. The van der Waals surface area contributed by atoms with Crippen molar-refractivity contribution < 1.29 is 9.47 Å². The molecular weight excluding hydrogens is 505 g/mol. The molecule has 3 aromatic carbocycles. The van der Waals surface area contributed by atoms with E-state index in [-0.39, 0.29) is 5.60 Å². The van der Waals surface area contributed by atoms with E-state index in [9.17, 15) is 0 Å². The number of epoxide rings is 1. The van der Waals surface area contributed by atoms with Crippen molar-refractivity contribution in [3.05, 3.63) is 66.2 Å². The summed E-state index contributed by atoms with van der Waals surface area (Å²) in [4.78, 5) is 0. The molecule has 1 aliphatic heterocycles. The minimum absolute atomic E-state index is 0.0886.